The number of rotatable bonds is 18. The van der Waals surface area contributed by atoms with E-state index in [0.29, 0.717) is 30.3 Å². The van der Waals surface area contributed by atoms with Crippen LogP contribution in [0.5, 0.6) is 11.5 Å². The van der Waals surface area contributed by atoms with Crippen LogP contribution in [-0.2, 0) is 19.3 Å². The highest BCUT2D eigenvalue weighted by atomic mass is 35.5. The predicted molar refractivity (Wildman–Crippen MR) is 193 cm³/mol. The lowest BCUT2D eigenvalue weighted by molar-refractivity contribution is -0.147. The Morgan fingerprint density at radius 3 is 1.55 bits per heavy atom. The van der Waals surface area contributed by atoms with Gasteiger partial charge in [-0.1, -0.05) is 38.0 Å². The zero-order chi connectivity index (χ0) is 35.1. The van der Waals surface area contributed by atoms with Crippen LogP contribution in [0.15, 0.2) is 58.8 Å². The zero-order valence-electron chi connectivity index (χ0n) is 29.1. The van der Waals surface area contributed by atoms with Gasteiger partial charge in [-0.2, -0.15) is 0 Å². The van der Waals surface area contributed by atoms with Gasteiger partial charge in [0.05, 0.1) is 13.2 Å². The van der Waals surface area contributed by atoms with E-state index in [1.807, 2.05) is 52.0 Å². The molecule has 0 spiro atoms. The molecule has 0 bridgehead atoms. The highest BCUT2D eigenvalue weighted by Crippen LogP contribution is 2.23. The summed E-state index contributed by atoms with van der Waals surface area (Å²) < 4.78 is 11.8. The molecular formula is C35H54ClN7O6. The lowest BCUT2D eigenvalue weighted by atomic mass is 9.92. The number of halogens is 1. The summed E-state index contributed by atoms with van der Waals surface area (Å²) in [7, 11) is 0. The van der Waals surface area contributed by atoms with Crippen molar-refractivity contribution in [3.05, 3.63) is 59.7 Å². The summed E-state index contributed by atoms with van der Waals surface area (Å²) in [6.45, 7) is 11.8. The van der Waals surface area contributed by atoms with Crippen LogP contribution in [0.4, 0.5) is 0 Å². The van der Waals surface area contributed by atoms with Gasteiger partial charge in [0.25, 0.3) is 0 Å². The highest BCUT2D eigenvalue weighted by molar-refractivity contribution is 5.98. The Balaban J connectivity index is 0.00000833. The molecule has 8 N–H and O–H groups in total. The number of ether oxygens (including phenoxy) is 2. The number of likely N-dealkylation sites (tertiary alicyclic amines) is 1. The summed E-state index contributed by atoms with van der Waals surface area (Å²) >= 11 is 0. The number of benzene rings is 2. The van der Waals surface area contributed by atoms with Crippen LogP contribution in [0.1, 0.15) is 70.9 Å². The molecule has 1 aliphatic rings. The normalized spacial score (nSPS) is 15.8. The van der Waals surface area contributed by atoms with Crippen LogP contribution < -0.4 is 32.4 Å². The average Bonchev–Trinajstić information content (AvgIpc) is 3.09. The molecule has 2 atom stereocenters. The molecule has 1 aliphatic heterocycles. The second-order valence-electron chi connectivity index (χ2n) is 12.8. The Bertz CT molecular complexity index is 1240. The molecular weight excluding hydrogens is 650 g/mol. The fraction of sp³-hybridized carbons (Fsp3) is 0.543. The molecule has 0 unspecified atom stereocenters. The SMILES string of the molecule is CC(C)[C@H](N)C(=O)ON=C(N)c1ccc(OCCCC2CCN(CCCOc3ccc(C(N)=NOC(=O)[C@@H](N)C(C)C)cc3)CC2)cc1.Cl. The first-order valence-corrected chi connectivity index (χ1v) is 16.7. The van der Waals surface area contributed by atoms with E-state index in [1.165, 1.54) is 12.8 Å². The second-order valence-corrected chi connectivity index (χ2v) is 12.8. The quantitative estimate of drug-likeness (QED) is 0.0579. The number of carbonyl (C=O) groups is 2. The standard InChI is InChI=1S/C35H53N7O6.ClH/c1-23(2)30(36)34(43)47-40-32(38)26-8-12-28(13-9-26)45-21-5-7-25-16-19-42(20-17-25)18-6-22-46-29-14-10-27(11-15-29)33(39)41-48-35(44)31(37)24(3)4;/h8-15,23-25,30-31H,5-7,16-22,36-37H2,1-4H3,(H2,38,40)(H2,39,41);1H/t30-,31-;/m0./s1. The van der Waals surface area contributed by atoms with E-state index in [0.717, 1.165) is 50.4 Å². The molecule has 0 saturated carbocycles. The minimum absolute atomic E-state index is 0. The maximum Gasteiger partial charge on any atom is 0.351 e. The van der Waals surface area contributed by atoms with Gasteiger partial charge >= 0.3 is 11.9 Å². The molecule has 0 radical (unpaired) electrons. The molecule has 1 saturated heterocycles. The van der Waals surface area contributed by atoms with Gasteiger partial charge < -0.3 is 47.0 Å². The van der Waals surface area contributed by atoms with E-state index in [4.69, 9.17) is 42.1 Å². The Labute approximate surface area is 296 Å². The summed E-state index contributed by atoms with van der Waals surface area (Å²) in [4.78, 5) is 36.0. The number of nitrogens with two attached hydrogens (primary N) is 4. The van der Waals surface area contributed by atoms with Crippen LogP contribution in [-0.4, -0.2) is 73.4 Å². The summed E-state index contributed by atoms with van der Waals surface area (Å²) in [5.41, 5.74) is 24.7. The van der Waals surface area contributed by atoms with Crippen LogP contribution in [0.25, 0.3) is 0 Å². The van der Waals surface area contributed by atoms with Gasteiger partial charge in [0.15, 0.2) is 11.7 Å². The highest BCUT2D eigenvalue weighted by Gasteiger charge is 2.21. The summed E-state index contributed by atoms with van der Waals surface area (Å²) in [5, 5.41) is 7.42. The zero-order valence-corrected chi connectivity index (χ0v) is 29.9. The van der Waals surface area contributed by atoms with Gasteiger partial charge in [-0.05, 0) is 111 Å². The van der Waals surface area contributed by atoms with Gasteiger partial charge in [0, 0.05) is 17.7 Å². The van der Waals surface area contributed by atoms with E-state index in [-0.39, 0.29) is 35.9 Å². The molecule has 14 heteroatoms. The van der Waals surface area contributed by atoms with Crippen molar-refractivity contribution in [3.8, 4) is 11.5 Å². The van der Waals surface area contributed by atoms with Crippen molar-refractivity contribution in [2.45, 2.75) is 71.9 Å². The lowest BCUT2D eigenvalue weighted by Crippen LogP contribution is -2.36. The van der Waals surface area contributed by atoms with Crippen molar-refractivity contribution < 1.29 is 28.7 Å². The first kappa shape index (κ1) is 41.3. The summed E-state index contributed by atoms with van der Waals surface area (Å²) in [6.07, 6.45) is 5.43. The summed E-state index contributed by atoms with van der Waals surface area (Å²) in [6, 6.07) is 12.9. The fourth-order valence-corrected chi connectivity index (χ4v) is 4.94. The molecule has 2 aromatic carbocycles. The second kappa shape index (κ2) is 21.2. The monoisotopic (exact) mass is 703 g/mol. The number of oxime groups is 2. The van der Waals surface area contributed by atoms with Crippen molar-refractivity contribution in [1.82, 2.24) is 4.90 Å². The largest absolute Gasteiger partial charge is 0.494 e. The Kier molecular flexibility index (Phi) is 17.9. The average molecular weight is 704 g/mol. The molecule has 1 fully saturated rings. The maximum atomic E-state index is 11.9. The summed E-state index contributed by atoms with van der Waals surface area (Å²) in [5.74, 6) is 1.04. The van der Waals surface area contributed by atoms with E-state index in [9.17, 15) is 9.59 Å². The lowest BCUT2D eigenvalue weighted by Gasteiger charge is -2.32. The van der Waals surface area contributed by atoms with Gasteiger partial charge in [-0.3, -0.25) is 0 Å². The van der Waals surface area contributed by atoms with Gasteiger partial charge in [-0.15, -0.1) is 12.4 Å². The van der Waals surface area contributed by atoms with Gasteiger partial charge in [0.1, 0.15) is 23.6 Å². The van der Waals surface area contributed by atoms with Crippen LogP contribution in [0.3, 0.4) is 0 Å². The van der Waals surface area contributed by atoms with Crippen molar-refractivity contribution in [2.75, 3.05) is 32.8 Å². The fourth-order valence-electron chi connectivity index (χ4n) is 4.94. The minimum atomic E-state index is -0.752. The number of piperidine rings is 1. The smallest absolute Gasteiger partial charge is 0.351 e. The van der Waals surface area contributed by atoms with Crippen molar-refractivity contribution >= 4 is 36.0 Å². The van der Waals surface area contributed by atoms with Crippen molar-refractivity contribution in [2.24, 2.45) is 51.0 Å². The van der Waals surface area contributed by atoms with Crippen LogP contribution >= 0.6 is 12.4 Å². The number of nitrogens with zero attached hydrogens (tertiary/aromatic N) is 3. The Morgan fingerprint density at radius 1 is 0.735 bits per heavy atom. The predicted octanol–water partition coefficient (Wildman–Crippen LogP) is 3.74. The van der Waals surface area contributed by atoms with Crippen molar-refractivity contribution in [3.63, 3.8) is 0 Å². The minimum Gasteiger partial charge on any atom is -0.494 e. The van der Waals surface area contributed by atoms with E-state index in [1.54, 1.807) is 24.3 Å². The molecule has 1 heterocycles. The molecule has 0 aliphatic carbocycles. The molecule has 2 aromatic rings. The topological polar surface area (TPSA) is 203 Å². The molecule has 272 valence electrons. The van der Waals surface area contributed by atoms with E-state index in [2.05, 4.69) is 15.2 Å². The van der Waals surface area contributed by atoms with Crippen LogP contribution in [0, 0.1) is 17.8 Å². The number of amidine groups is 2. The molecule has 3 rings (SSSR count). The third-order valence-corrected chi connectivity index (χ3v) is 8.37. The first-order valence-electron chi connectivity index (χ1n) is 16.7. The van der Waals surface area contributed by atoms with Gasteiger partial charge in [0.2, 0.25) is 0 Å². The Hall–Kier alpha value is -3.91. The molecule has 0 aromatic heterocycles. The maximum absolute atomic E-state index is 11.9. The van der Waals surface area contributed by atoms with E-state index < -0.39 is 24.0 Å². The molecule has 49 heavy (non-hydrogen) atoms. The number of hydrogen-bond acceptors (Lipinski definition) is 11. The van der Waals surface area contributed by atoms with Gasteiger partial charge in [-0.25, -0.2) is 9.59 Å². The van der Waals surface area contributed by atoms with E-state index >= 15 is 0 Å². The first-order chi connectivity index (χ1) is 22.9. The number of hydrogen-bond donors (Lipinski definition) is 4. The molecule has 0 amide bonds. The third-order valence-electron chi connectivity index (χ3n) is 8.37. The Morgan fingerprint density at radius 2 is 1.14 bits per heavy atom. The number of carbonyl (C=O) groups excluding carboxylic acids is 2. The van der Waals surface area contributed by atoms with Crippen LogP contribution in [0.2, 0.25) is 0 Å². The van der Waals surface area contributed by atoms with Crippen molar-refractivity contribution in [1.29, 1.82) is 0 Å². The molecule has 13 nitrogen and oxygen atoms in total. The third kappa shape index (κ3) is 14.2.